The van der Waals surface area contributed by atoms with E-state index in [9.17, 15) is 4.79 Å². The second-order valence-electron chi connectivity index (χ2n) is 6.77. The summed E-state index contributed by atoms with van der Waals surface area (Å²) in [4.78, 5) is 20.7. The average molecular weight is 384 g/mol. The minimum absolute atomic E-state index is 0.00669. The summed E-state index contributed by atoms with van der Waals surface area (Å²) in [5.41, 5.74) is 8.34. The highest BCUT2D eigenvalue weighted by Crippen LogP contribution is 2.22. The SMILES string of the molecule is N=C(N)CC(=O)CCc1cccc(-c2cnc(NC3CCSCC3)nc2)c1. The molecule has 1 saturated heterocycles. The van der Waals surface area contributed by atoms with Crippen LogP contribution in [0, 0.1) is 5.41 Å². The lowest BCUT2D eigenvalue weighted by atomic mass is 10.0. The summed E-state index contributed by atoms with van der Waals surface area (Å²) in [6, 6.07) is 8.53. The first kappa shape index (κ1) is 19.4. The summed E-state index contributed by atoms with van der Waals surface area (Å²) in [7, 11) is 0. The molecule has 4 N–H and O–H groups in total. The monoisotopic (exact) mass is 383 g/mol. The highest BCUT2D eigenvalue weighted by atomic mass is 32.2. The van der Waals surface area contributed by atoms with Gasteiger partial charge in [-0.2, -0.15) is 11.8 Å². The normalized spacial score (nSPS) is 14.7. The van der Waals surface area contributed by atoms with Gasteiger partial charge in [-0.1, -0.05) is 24.3 Å². The summed E-state index contributed by atoms with van der Waals surface area (Å²) >= 11 is 2.00. The van der Waals surface area contributed by atoms with E-state index in [-0.39, 0.29) is 18.0 Å². The van der Waals surface area contributed by atoms with Crippen LogP contribution in [0.4, 0.5) is 5.95 Å². The number of carbonyl (C=O) groups excluding carboxylic acids is 1. The topological polar surface area (TPSA) is 105 Å². The Bertz CT molecular complexity index is 787. The Kier molecular flexibility index (Phi) is 6.81. The van der Waals surface area contributed by atoms with E-state index in [0.29, 0.717) is 24.8 Å². The number of nitrogens with two attached hydrogens (primary N) is 1. The molecule has 1 fully saturated rings. The van der Waals surface area contributed by atoms with Crippen molar-refractivity contribution >= 4 is 29.3 Å². The first-order chi connectivity index (χ1) is 13.1. The molecule has 1 aliphatic heterocycles. The van der Waals surface area contributed by atoms with E-state index < -0.39 is 0 Å². The summed E-state index contributed by atoms with van der Waals surface area (Å²) in [5, 5.41) is 10.6. The molecule has 0 radical (unpaired) electrons. The number of aryl methyl sites for hydroxylation is 1. The van der Waals surface area contributed by atoms with Crippen LogP contribution in [0.15, 0.2) is 36.7 Å². The van der Waals surface area contributed by atoms with Gasteiger partial charge < -0.3 is 11.1 Å². The van der Waals surface area contributed by atoms with Gasteiger partial charge in [0.2, 0.25) is 5.95 Å². The highest BCUT2D eigenvalue weighted by molar-refractivity contribution is 7.99. The molecule has 0 aliphatic carbocycles. The Morgan fingerprint density at radius 1 is 1.22 bits per heavy atom. The molecular formula is C20H25N5OS. The quantitative estimate of drug-likeness (QED) is 0.477. The highest BCUT2D eigenvalue weighted by Gasteiger charge is 2.14. The number of Topliss-reactive ketones (excluding diaryl/α,β-unsaturated/α-hetero) is 1. The van der Waals surface area contributed by atoms with Gasteiger partial charge in [0.25, 0.3) is 0 Å². The predicted molar refractivity (Wildman–Crippen MR) is 111 cm³/mol. The number of hydrogen-bond donors (Lipinski definition) is 3. The van der Waals surface area contributed by atoms with Crippen LogP contribution in [-0.2, 0) is 11.2 Å². The zero-order valence-electron chi connectivity index (χ0n) is 15.3. The van der Waals surface area contributed by atoms with Gasteiger partial charge in [-0.05, 0) is 41.9 Å². The first-order valence-corrected chi connectivity index (χ1v) is 10.4. The summed E-state index contributed by atoms with van der Waals surface area (Å²) < 4.78 is 0. The second kappa shape index (κ2) is 9.50. The summed E-state index contributed by atoms with van der Waals surface area (Å²) in [6.45, 7) is 0. The maximum Gasteiger partial charge on any atom is 0.222 e. The average Bonchev–Trinajstić information content (AvgIpc) is 2.67. The number of carbonyl (C=O) groups is 1. The van der Waals surface area contributed by atoms with Crippen molar-refractivity contribution in [2.45, 2.75) is 38.1 Å². The molecule has 3 rings (SSSR count). The van der Waals surface area contributed by atoms with Gasteiger partial charge in [-0.3, -0.25) is 10.2 Å². The number of anilines is 1. The third-order valence-corrected chi connectivity index (χ3v) is 5.60. The van der Waals surface area contributed by atoms with Crippen LogP contribution in [-0.4, -0.2) is 39.1 Å². The first-order valence-electron chi connectivity index (χ1n) is 9.20. The third kappa shape index (κ3) is 6.06. The van der Waals surface area contributed by atoms with Gasteiger partial charge in [-0.15, -0.1) is 0 Å². The van der Waals surface area contributed by atoms with E-state index in [1.807, 2.05) is 42.4 Å². The molecule has 0 amide bonds. The van der Waals surface area contributed by atoms with Crippen molar-refractivity contribution in [3.63, 3.8) is 0 Å². The standard InChI is InChI=1S/C20H25N5OS/c21-19(22)11-18(26)5-4-14-2-1-3-15(10-14)16-12-23-20(24-13-16)25-17-6-8-27-9-7-17/h1-3,10,12-13,17H,4-9,11H2,(H3,21,22)(H,23,24,25). The van der Waals surface area contributed by atoms with E-state index >= 15 is 0 Å². The van der Waals surface area contributed by atoms with Gasteiger partial charge in [-0.25, -0.2) is 9.97 Å². The molecule has 1 aliphatic rings. The van der Waals surface area contributed by atoms with Crippen LogP contribution < -0.4 is 11.1 Å². The molecular weight excluding hydrogens is 358 g/mol. The van der Waals surface area contributed by atoms with Crippen LogP contribution in [0.3, 0.4) is 0 Å². The molecule has 7 heteroatoms. The van der Waals surface area contributed by atoms with E-state index in [0.717, 1.165) is 29.5 Å². The molecule has 0 saturated carbocycles. The third-order valence-electron chi connectivity index (χ3n) is 4.55. The lowest BCUT2D eigenvalue weighted by molar-refractivity contribution is -0.117. The molecule has 2 heterocycles. The van der Waals surface area contributed by atoms with Gasteiger partial charge in [0.1, 0.15) is 5.78 Å². The molecule has 0 atom stereocenters. The summed E-state index contributed by atoms with van der Waals surface area (Å²) in [6.07, 6.45) is 7.05. The van der Waals surface area contributed by atoms with Crippen LogP contribution in [0.1, 0.15) is 31.2 Å². The fourth-order valence-corrected chi connectivity index (χ4v) is 4.17. The van der Waals surface area contributed by atoms with Gasteiger partial charge in [0, 0.05) is 30.4 Å². The molecule has 0 spiro atoms. The Hall–Kier alpha value is -2.41. The van der Waals surface area contributed by atoms with Crippen molar-refractivity contribution in [3.8, 4) is 11.1 Å². The maximum atomic E-state index is 11.7. The van der Waals surface area contributed by atoms with Crippen molar-refractivity contribution in [3.05, 3.63) is 42.2 Å². The smallest absolute Gasteiger partial charge is 0.222 e. The van der Waals surface area contributed by atoms with Gasteiger partial charge in [0.15, 0.2) is 0 Å². The van der Waals surface area contributed by atoms with Gasteiger partial charge in [0.05, 0.1) is 12.3 Å². The number of nitrogens with zero attached hydrogens (tertiary/aromatic N) is 2. The minimum atomic E-state index is -0.0772. The number of rotatable bonds is 8. The number of nitrogens with one attached hydrogen (secondary N) is 2. The Morgan fingerprint density at radius 3 is 2.67 bits per heavy atom. The van der Waals surface area contributed by atoms with Crippen LogP contribution in [0.25, 0.3) is 11.1 Å². The van der Waals surface area contributed by atoms with E-state index in [1.54, 1.807) is 0 Å². The molecule has 0 bridgehead atoms. The van der Waals surface area contributed by atoms with Crippen molar-refractivity contribution in [1.29, 1.82) is 5.41 Å². The lowest BCUT2D eigenvalue weighted by Gasteiger charge is -2.22. The minimum Gasteiger partial charge on any atom is -0.387 e. The Morgan fingerprint density at radius 2 is 1.96 bits per heavy atom. The van der Waals surface area contributed by atoms with Crippen molar-refractivity contribution in [2.24, 2.45) is 5.73 Å². The molecule has 2 aromatic rings. The van der Waals surface area contributed by atoms with Crippen LogP contribution in [0.5, 0.6) is 0 Å². The fraction of sp³-hybridized carbons (Fsp3) is 0.400. The molecule has 1 aromatic carbocycles. The van der Waals surface area contributed by atoms with Crippen molar-refractivity contribution < 1.29 is 4.79 Å². The van der Waals surface area contributed by atoms with Crippen LogP contribution >= 0.6 is 11.8 Å². The lowest BCUT2D eigenvalue weighted by Crippen LogP contribution is -2.25. The maximum absolute atomic E-state index is 11.7. The zero-order valence-corrected chi connectivity index (χ0v) is 16.1. The van der Waals surface area contributed by atoms with Crippen molar-refractivity contribution in [2.75, 3.05) is 16.8 Å². The van der Waals surface area contributed by atoms with E-state index in [1.165, 1.54) is 11.5 Å². The van der Waals surface area contributed by atoms with Gasteiger partial charge >= 0.3 is 0 Å². The second-order valence-corrected chi connectivity index (χ2v) is 7.99. The van der Waals surface area contributed by atoms with Crippen molar-refractivity contribution in [1.82, 2.24) is 9.97 Å². The summed E-state index contributed by atoms with van der Waals surface area (Å²) in [5.74, 6) is 2.98. The molecule has 1 aromatic heterocycles. The predicted octanol–water partition coefficient (Wildman–Crippen LogP) is 3.28. The largest absolute Gasteiger partial charge is 0.387 e. The number of hydrogen-bond acceptors (Lipinski definition) is 6. The number of amidine groups is 1. The van der Waals surface area contributed by atoms with Crippen LogP contribution in [0.2, 0.25) is 0 Å². The fourth-order valence-electron chi connectivity index (χ4n) is 3.07. The Balaban J connectivity index is 1.60. The molecule has 142 valence electrons. The van der Waals surface area contributed by atoms with E-state index in [4.69, 9.17) is 11.1 Å². The number of ketones is 1. The molecule has 0 unspecified atom stereocenters. The molecule has 6 nitrogen and oxygen atoms in total. The number of benzene rings is 1. The number of aromatic nitrogens is 2. The molecule has 27 heavy (non-hydrogen) atoms. The zero-order chi connectivity index (χ0) is 19.1. The number of thioether (sulfide) groups is 1. The Labute approximate surface area is 163 Å². The van der Waals surface area contributed by atoms with E-state index in [2.05, 4.69) is 21.4 Å².